The molecule has 1 spiro atoms. The fraction of sp³-hybridized carbons (Fsp3) is 1.00. The zero-order chi connectivity index (χ0) is 9.53. The molecular weight excluding hydrogens is 162 g/mol. The number of nitrogens with one attached hydrogen (secondary N) is 1. The maximum absolute atomic E-state index is 5.77. The van der Waals surface area contributed by atoms with Crippen LogP contribution in [0, 0.1) is 11.3 Å². The van der Waals surface area contributed by atoms with Crippen LogP contribution in [0.1, 0.15) is 33.6 Å². The molecule has 2 heteroatoms. The van der Waals surface area contributed by atoms with E-state index in [0.717, 1.165) is 12.5 Å². The second kappa shape index (κ2) is 2.96. The summed E-state index contributed by atoms with van der Waals surface area (Å²) in [6.45, 7) is 10.1. The Labute approximate surface area is 81.0 Å². The zero-order valence-electron chi connectivity index (χ0n) is 9.02. The summed E-state index contributed by atoms with van der Waals surface area (Å²) in [5.41, 5.74) is 0.625. The van der Waals surface area contributed by atoms with E-state index < -0.39 is 0 Å². The summed E-state index contributed by atoms with van der Waals surface area (Å²) in [5, 5.41) is 3.51. The minimum Gasteiger partial charge on any atom is -0.376 e. The van der Waals surface area contributed by atoms with E-state index >= 15 is 0 Å². The summed E-state index contributed by atoms with van der Waals surface area (Å²) < 4.78 is 5.77. The normalized spacial score (nSPS) is 44.1. The Morgan fingerprint density at radius 1 is 1.38 bits per heavy atom. The van der Waals surface area contributed by atoms with E-state index in [4.69, 9.17) is 4.74 Å². The van der Waals surface area contributed by atoms with E-state index in [1.165, 1.54) is 25.9 Å². The van der Waals surface area contributed by atoms with Gasteiger partial charge in [-0.3, -0.25) is 0 Å². The van der Waals surface area contributed by atoms with Crippen molar-refractivity contribution < 1.29 is 4.74 Å². The molecule has 0 amide bonds. The fourth-order valence-electron chi connectivity index (χ4n) is 3.02. The van der Waals surface area contributed by atoms with Gasteiger partial charge in [-0.2, -0.15) is 0 Å². The van der Waals surface area contributed by atoms with Gasteiger partial charge >= 0.3 is 0 Å². The van der Waals surface area contributed by atoms with Crippen LogP contribution in [0.4, 0.5) is 0 Å². The van der Waals surface area contributed by atoms with Crippen molar-refractivity contribution in [1.29, 1.82) is 0 Å². The summed E-state index contributed by atoms with van der Waals surface area (Å²) in [5.74, 6) is 0.815. The zero-order valence-corrected chi connectivity index (χ0v) is 9.02. The lowest BCUT2D eigenvalue weighted by atomic mass is 9.68. The van der Waals surface area contributed by atoms with Gasteiger partial charge < -0.3 is 10.1 Å². The van der Waals surface area contributed by atoms with E-state index in [1.54, 1.807) is 0 Å². The number of hydrogen-bond donors (Lipinski definition) is 1. The molecule has 0 aromatic rings. The third-order valence-corrected chi connectivity index (χ3v) is 3.84. The predicted molar refractivity (Wildman–Crippen MR) is 53.7 cm³/mol. The molecule has 0 aromatic heterocycles. The Morgan fingerprint density at radius 2 is 2.15 bits per heavy atom. The summed E-state index contributed by atoms with van der Waals surface area (Å²) in [7, 11) is 0. The van der Waals surface area contributed by atoms with Crippen LogP contribution < -0.4 is 5.32 Å². The van der Waals surface area contributed by atoms with Gasteiger partial charge in [0.2, 0.25) is 0 Å². The summed E-state index contributed by atoms with van der Waals surface area (Å²) in [6, 6.07) is 0. The highest BCUT2D eigenvalue weighted by molar-refractivity contribution is 4.98. The van der Waals surface area contributed by atoms with Gasteiger partial charge in [0.15, 0.2) is 0 Å². The van der Waals surface area contributed by atoms with Gasteiger partial charge in [0.05, 0.1) is 5.60 Å². The van der Waals surface area contributed by atoms with E-state index in [0.29, 0.717) is 5.41 Å². The highest BCUT2D eigenvalue weighted by Gasteiger charge is 2.46. The molecule has 2 saturated heterocycles. The minimum absolute atomic E-state index is 0.0958. The van der Waals surface area contributed by atoms with Crippen LogP contribution in [-0.2, 0) is 4.74 Å². The second-order valence-corrected chi connectivity index (χ2v) is 5.43. The van der Waals surface area contributed by atoms with Crippen LogP contribution in [-0.4, -0.2) is 25.3 Å². The smallest absolute Gasteiger partial charge is 0.0632 e. The molecule has 13 heavy (non-hydrogen) atoms. The predicted octanol–water partition coefficient (Wildman–Crippen LogP) is 1.80. The highest BCUT2D eigenvalue weighted by atomic mass is 16.5. The van der Waals surface area contributed by atoms with Crippen LogP contribution >= 0.6 is 0 Å². The number of hydrogen-bond acceptors (Lipinski definition) is 2. The van der Waals surface area contributed by atoms with E-state index in [-0.39, 0.29) is 5.60 Å². The topological polar surface area (TPSA) is 21.3 Å². The number of ether oxygens (including phenoxy) is 1. The van der Waals surface area contributed by atoms with Gasteiger partial charge in [0.1, 0.15) is 0 Å². The molecule has 0 radical (unpaired) electrons. The fourth-order valence-corrected chi connectivity index (χ4v) is 3.02. The molecule has 0 saturated carbocycles. The van der Waals surface area contributed by atoms with Gasteiger partial charge in [-0.05, 0) is 44.6 Å². The Bertz CT molecular complexity index is 202. The lowest BCUT2D eigenvalue weighted by Gasteiger charge is -2.44. The van der Waals surface area contributed by atoms with Crippen molar-refractivity contribution in [2.24, 2.45) is 11.3 Å². The van der Waals surface area contributed by atoms with E-state index in [1.807, 2.05) is 0 Å². The van der Waals surface area contributed by atoms with Gasteiger partial charge in [0, 0.05) is 13.2 Å². The number of rotatable bonds is 0. The highest BCUT2D eigenvalue weighted by Crippen LogP contribution is 2.45. The Kier molecular flexibility index (Phi) is 2.16. The molecule has 0 bridgehead atoms. The Balaban J connectivity index is 2.14. The van der Waals surface area contributed by atoms with Crippen molar-refractivity contribution in [2.45, 2.75) is 39.2 Å². The molecule has 2 heterocycles. The standard InChI is InChI=1S/C11H21NO/c1-9-6-12-8-11(9)4-5-13-10(2,3)7-11/h9,12H,4-8H2,1-3H3. The third kappa shape index (κ3) is 1.62. The van der Waals surface area contributed by atoms with Crippen molar-refractivity contribution in [1.82, 2.24) is 5.32 Å². The summed E-state index contributed by atoms with van der Waals surface area (Å²) in [6.07, 6.45) is 2.46. The minimum atomic E-state index is 0.0958. The molecule has 0 aliphatic carbocycles. The van der Waals surface area contributed by atoms with Gasteiger partial charge in [-0.1, -0.05) is 6.92 Å². The van der Waals surface area contributed by atoms with Crippen molar-refractivity contribution >= 4 is 0 Å². The van der Waals surface area contributed by atoms with Crippen molar-refractivity contribution in [3.63, 3.8) is 0 Å². The molecule has 0 aromatic carbocycles. The Hall–Kier alpha value is -0.0800. The van der Waals surface area contributed by atoms with Crippen LogP contribution in [0.2, 0.25) is 0 Å². The SMILES string of the molecule is CC1CNCC12CCOC(C)(C)C2. The average Bonchev–Trinajstić information content (AvgIpc) is 2.31. The molecule has 2 aliphatic heterocycles. The van der Waals surface area contributed by atoms with Gasteiger partial charge in [0.25, 0.3) is 0 Å². The van der Waals surface area contributed by atoms with E-state index in [9.17, 15) is 0 Å². The molecule has 2 nitrogen and oxygen atoms in total. The molecule has 2 atom stereocenters. The molecule has 2 aliphatic rings. The monoisotopic (exact) mass is 183 g/mol. The summed E-state index contributed by atoms with van der Waals surface area (Å²) in [4.78, 5) is 0. The van der Waals surface area contributed by atoms with Crippen molar-refractivity contribution in [3.8, 4) is 0 Å². The molecule has 2 fully saturated rings. The van der Waals surface area contributed by atoms with E-state index in [2.05, 4.69) is 26.1 Å². The first kappa shape index (κ1) is 9.47. The first-order chi connectivity index (χ1) is 6.04. The average molecular weight is 183 g/mol. The van der Waals surface area contributed by atoms with Gasteiger partial charge in [-0.25, -0.2) is 0 Å². The van der Waals surface area contributed by atoms with Crippen molar-refractivity contribution in [2.75, 3.05) is 19.7 Å². The van der Waals surface area contributed by atoms with Crippen LogP contribution in [0.3, 0.4) is 0 Å². The Morgan fingerprint density at radius 3 is 2.69 bits per heavy atom. The molecule has 2 rings (SSSR count). The quantitative estimate of drug-likeness (QED) is 0.618. The lowest BCUT2D eigenvalue weighted by Crippen LogP contribution is -2.44. The molecule has 2 unspecified atom stereocenters. The van der Waals surface area contributed by atoms with Gasteiger partial charge in [-0.15, -0.1) is 0 Å². The maximum atomic E-state index is 5.77. The maximum Gasteiger partial charge on any atom is 0.0632 e. The first-order valence-corrected chi connectivity index (χ1v) is 5.39. The van der Waals surface area contributed by atoms with Crippen LogP contribution in [0.5, 0.6) is 0 Å². The first-order valence-electron chi connectivity index (χ1n) is 5.39. The molecule has 1 N–H and O–H groups in total. The lowest BCUT2D eigenvalue weighted by molar-refractivity contribution is -0.109. The largest absolute Gasteiger partial charge is 0.376 e. The van der Waals surface area contributed by atoms with Crippen molar-refractivity contribution in [3.05, 3.63) is 0 Å². The summed E-state index contributed by atoms with van der Waals surface area (Å²) >= 11 is 0. The second-order valence-electron chi connectivity index (χ2n) is 5.43. The van der Waals surface area contributed by atoms with Crippen LogP contribution in [0.25, 0.3) is 0 Å². The molecular formula is C11H21NO. The van der Waals surface area contributed by atoms with Crippen LogP contribution in [0.15, 0.2) is 0 Å². The third-order valence-electron chi connectivity index (χ3n) is 3.84. The molecule has 76 valence electrons.